The molecule has 0 saturated heterocycles. The van der Waals surface area contributed by atoms with E-state index in [-0.39, 0.29) is 13.2 Å². The van der Waals surface area contributed by atoms with Crippen molar-refractivity contribution in [1.82, 2.24) is 0 Å². The molecule has 3 atom stereocenters. The summed E-state index contributed by atoms with van der Waals surface area (Å²) in [4.78, 5) is 23.2. The molecule has 11 nitrogen and oxygen atoms in total. The molecule has 0 rings (SSSR count). The van der Waals surface area contributed by atoms with Crippen LogP contribution < -0.4 is 0 Å². The Labute approximate surface area is 139 Å². The Morgan fingerprint density at radius 1 is 0.958 bits per heavy atom. The number of ether oxygens (including phenoxy) is 4. The molecule has 0 spiro atoms. The van der Waals surface area contributed by atoms with Crippen LogP contribution in [-0.2, 0) is 38.7 Å². The van der Waals surface area contributed by atoms with E-state index in [4.69, 9.17) is 4.55 Å². The molecule has 0 heterocycles. The Bertz CT molecular complexity index is 489. The van der Waals surface area contributed by atoms with Gasteiger partial charge in [-0.05, 0) is 13.8 Å². The van der Waals surface area contributed by atoms with Crippen molar-refractivity contribution in [2.24, 2.45) is 0 Å². The highest BCUT2D eigenvalue weighted by Crippen LogP contribution is 2.09. The van der Waals surface area contributed by atoms with Crippen LogP contribution in [-0.4, -0.2) is 79.4 Å². The minimum atomic E-state index is -4.96. The van der Waals surface area contributed by atoms with E-state index in [1.165, 1.54) is 0 Å². The number of aliphatic hydroxyl groups is 2. The molecule has 0 saturated carbocycles. The van der Waals surface area contributed by atoms with Gasteiger partial charge in [-0.1, -0.05) is 0 Å². The molecular weight excluding hydrogens is 352 g/mol. The average molecular weight is 374 g/mol. The third-order valence-corrected chi connectivity index (χ3v) is 3.53. The smallest absolute Gasteiger partial charge is 0.327 e. The monoisotopic (exact) mass is 374 g/mol. The molecule has 0 aliphatic carbocycles. The zero-order valence-electron chi connectivity index (χ0n) is 13.3. The predicted octanol–water partition coefficient (Wildman–Crippen LogP) is -1.57. The van der Waals surface area contributed by atoms with Gasteiger partial charge in [-0.15, -0.1) is 0 Å². The van der Waals surface area contributed by atoms with E-state index >= 15 is 0 Å². The number of esters is 2. The van der Waals surface area contributed by atoms with Crippen molar-refractivity contribution < 1.29 is 51.7 Å². The summed E-state index contributed by atoms with van der Waals surface area (Å²) in [5.74, 6) is -2.64. The van der Waals surface area contributed by atoms with Crippen LogP contribution in [0.5, 0.6) is 0 Å². The lowest BCUT2D eigenvalue weighted by Crippen LogP contribution is -2.36. The number of hydrogen-bond acceptors (Lipinski definition) is 10. The standard InChI is InChI=1S/C12H22O11S/c1-3-20-10(14)6-22-9(13)5-8(24(17,18)19)12(16)23-7-11(15)21-4-2/h8,10-11,14-15H,3-7H2,1-2H3,(H,17,18,19). The van der Waals surface area contributed by atoms with Crippen LogP contribution in [0.25, 0.3) is 0 Å². The van der Waals surface area contributed by atoms with Crippen LogP contribution in [0.3, 0.4) is 0 Å². The first kappa shape index (κ1) is 22.7. The number of carbonyl (C=O) groups is 2. The molecule has 0 aromatic heterocycles. The first-order valence-electron chi connectivity index (χ1n) is 6.99. The first-order chi connectivity index (χ1) is 11.1. The molecule has 0 amide bonds. The minimum Gasteiger partial charge on any atom is -0.460 e. The number of rotatable bonds is 12. The fourth-order valence-electron chi connectivity index (χ4n) is 1.41. The van der Waals surface area contributed by atoms with Gasteiger partial charge in [0.1, 0.15) is 13.2 Å². The van der Waals surface area contributed by atoms with E-state index < -0.39 is 59.5 Å². The van der Waals surface area contributed by atoms with Crippen LogP contribution in [0, 0.1) is 0 Å². The summed E-state index contributed by atoms with van der Waals surface area (Å²) in [5, 5.41) is 16.2. The van der Waals surface area contributed by atoms with Crippen molar-refractivity contribution in [2.75, 3.05) is 26.4 Å². The van der Waals surface area contributed by atoms with Gasteiger partial charge in [-0.25, -0.2) is 0 Å². The summed E-state index contributed by atoms with van der Waals surface area (Å²) < 4.78 is 49.8. The molecular formula is C12H22O11S. The fraction of sp³-hybridized carbons (Fsp3) is 0.833. The molecule has 3 N–H and O–H groups in total. The highest BCUT2D eigenvalue weighted by Gasteiger charge is 2.36. The second-order valence-electron chi connectivity index (χ2n) is 4.34. The molecule has 0 fully saturated rings. The first-order valence-corrected chi connectivity index (χ1v) is 8.50. The molecule has 0 aromatic carbocycles. The lowest BCUT2D eigenvalue weighted by atomic mass is 10.3. The third-order valence-electron chi connectivity index (χ3n) is 2.45. The molecule has 0 aliphatic rings. The van der Waals surface area contributed by atoms with Crippen molar-refractivity contribution in [3.05, 3.63) is 0 Å². The van der Waals surface area contributed by atoms with Crippen LogP contribution in [0.4, 0.5) is 0 Å². The zero-order valence-corrected chi connectivity index (χ0v) is 14.1. The van der Waals surface area contributed by atoms with Gasteiger partial charge in [-0.3, -0.25) is 14.1 Å². The summed E-state index contributed by atoms with van der Waals surface area (Å²) >= 11 is 0. The van der Waals surface area contributed by atoms with E-state index in [2.05, 4.69) is 18.9 Å². The molecule has 0 radical (unpaired) electrons. The highest BCUT2D eigenvalue weighted by atomic mass is 32.2. The number of carbonyl (C=O) groups excluding carboxylic acids is 2. The summed E-state index contributed by atoms with van der Waals surface area (Å²) in [5.41, 5.74) is 0. The van der Waals surface area contributed by atoms with Crippen molar-refractivity contribution >= 4 is 22.1 Å². The zero-order chi connectivity index (χ0) is 18.8. The number of aliphatic hydroxyl groups excluding tert-OH is 2. The van der Waals surface area contributed by atoms with Crippen molar-refractivity contribution in [3.8, 4) is 0 Å². The molecule has 0 bridgehead atoms. The van der Waals surface area contributed by atoms with Crippen molar-refractivity contribution in [3.63, 3.8) is 0 Å². The second kappa shape index (κ2) is 11.3. The van der Waals surface area contributed by atoms with E-state index in [1.807, 2.05) is 0 Å². The predicted molar refractivity (Wildman–Crippen MR) is 77.1 cm³/mol. The van der Waals surface area contributed by atoms with Gasteiger partial charge in [0, 0.05) is 13.2 Å². The van der Waals surface area contributed by atoms with Gasteiger partial charge >= 0.3 is 11.9 Å². The van der Waals surface area contributed by atoms with Gasteiger partial charge in [0.15, 0.2) is 17.8 Å². The molecule has 12 heteroatoms. The topological polar surface area (TPSA) is 166 Å². The average Bonchev–Trinajstić information content (AvgIpc) is 2.47. The Balaban J connectivity index is 4.62. The maximum atomic E-state index is 11.7. The summed E-state index contributed by atoms with van der Waals surface area (Å²) in [6.07, 6.45) is -3.92. The van der Waals surface area contributed by atoms with E-state index in [9.17, 15) is 28.2 Å². The van der Waals surface area contributed by atoms with E-state index in [0.717, 1.165) is 0 Å². The molecule has 0 aliphatic heterocycles. The second-order valence-corrected chi connectivity index (χ2v) is 5.94. The molecule has 3 unspecified atom stereocenters. The maximum Gasteiger partial charge on any atom is 0.327 e. The summed E-state index contributed by atoms with van der Waals surface area (Å²) in [6, 6.07) is 0. The molecule has 0 aromatic rings. The van der Waals surface area contributed by atoms with Crippen LogP contribution in [0.1, 0.15) is 20.3 Å². The van der Waals surface area contributed by atoms with Gasteiger partial charge in [0.2, 0.25) is 0 Å². The Morgan fingerprint density at radius 2 is 1.42 bits per heavy atom. The normalized spacial score (nSPS) is 15.4. The van der Waals surface area contributed by atoms with Crippen LogP contribution in [0.2, 0.25) is 0 Å². The Morgan fingerprint density at radius 3 is 1.83 bits per heavy atom. The minimum absolute atomic E-state index is 0.120. The van der Waals surface area contributed by atoms with E-state index in [0.29, 0.717) is 0 Å². The van der Waals surface area contributed by atoms with Gasteiger partial charge in [0.05, 0.1) is 6.42 Å². The third kappa shape index (κ3) is 9.75. The largest absolute Gasteiger partial charge is 0.460 e. The summed E-state index contributed by atoms with van der Waals surface area (Å²) in [7, 11) is -4.96. The fourth-order valence-corrected chi connectivity index (χ4v) is 2.07. The van der Waals surface area contributed by atoms with Crippen molar-refractivity contribution in [2.45, 2.75) is 38.1 Å². The van der Waals surface area contributed by atoms with Gasteiger partial charge in [-0.2, -0.15) is 8.42 Å². The Kier molecular flexibility index (Phi) is 10.7. The van der Waals surface area contributed by atoms with Crippen LogP contribution >= 0.6 is 0 Å². The number of hydrogen-bond donors (Lipinski definition) is 3. The van der Waals surface area contributed by atoms with Crippen LogP contribution in [0.15, 0.2) is 0 Å². The highest BCUT2D eigenvalue weighted by molar-refractivity contribution is 7.87. The SMILES string of the molecule is CCOC(O)COC(=O)CC(C(=O)OCC(O)OCC)S(=O)(=O)O. The lowest BCUT2D eigenvalue weighted by Gasteiger charge is -2.16. The van der Waals surface area contributed by atoms with Gasteiger partial charge in [0.25, 0.3) is 10.1 Å². The quantitative estimate of drug-likeness (QED) is 0.205. The van der Waals surface area contributed by atoms with Crippen molar-refractivity contribution in [1.29, 1.82) is 0 Å². The molecule has 142 valence electrons. The van der Waals surface area contributed by atoms with E-state index in [1.54, 1.807) is 13.8 Å². The lowest BCUT2D eigenvalue weighted by molar-refractivity contribution is -0.169. The van der Waals surface area contributed by atoms with Gasteiger partial charge < -0.3 is 29.2 Å². The Hall–Kier alpha value is -1.31. The summed E-state index contributed by atoms with van der Waals surface area (Å²) in [6.45, 7) is 2.17. The maximum absolute atomic E-state index is 11.7. The molecule has 24 heavy (non-hydrogen) atoms.